The fourth-order valence-corrected chi connectivity index (χ4v) is 2.85. The van der Waals surface area contributed by atoms with Gasteiger partial charge >= 0.3 is 0 Å². The van der Waals surface area contributed by atoms with E-state index in [0.717, 1.165) is 17.6 Å². The number of halogens is 1. The van der Waals surface area contributed by atoms with Crippen molar-refractivity contribution >= 4 is 5.78 Å². The number of hydrogen-bond acceptors (Lipinski definition) is 1. The first-order chi connectivity index (χ1) is 11.0. The molecule has 0 heterocycles. The molecule has 0 fully saturated rings. The molecule has 0 radical (unpaired) electrons. The maximum Gasteiger partial charge on any atom is 0.162 e. The number of unbranched alkanes of at least 4 members (excludes halogenated alkanes) is 2. The summed E-state index contributed by atoms with van der Waals surface area (Å²) in [5.74, 6) is 0.352. The molecule has 0 amide bonds. The molecule has 0 saturated heterocycles. The number of carbonyl (C=O) groups is 1. The summed E-state index contributed by atoms with van der Waals surface area (Å²) in [4.78, 5) is 12.4. The van der Waals surface area contributed by atoms with Crippen LogP contribution in [0.1, 0.15) is 72.6 Å². The monoisotopic (exact) mass is 318 g/mol. The smallest absolute Gasteiger partial charge is 0.162 e. The maximum atomic E-state index is 13.9. The molecule has 1 aliphatic carbocycles. The summed E-state index contributed by atoms with van der Waals surface area (Å²) in [6.07, 6.45) is 13.8. The first-order valence-electron chi connectivity index (χ1n) is 9.04. The Balaban J connectivity index is 3.07. The third-order valence-electron chi connectivity index (χ3n) is 4.32. The Labute approximate surface area is 141 Å². The van der Waals surface area contributed by atoms with Crippen LogP contribution in [0.3, 0.4) is 0 Å². The fourth-order valence-electron chi connectivity index (χ4n) is 2.85. The number of Topliss-reactive ketones (excluding diaryl/α,β-unsaturated/α-hetero) is 1. The van der Waals surface area contributed by atoms with Gasteiger partial charge in [-0.2, -0.15) is 0 Å². The molecular formula is C21H31FO. The summed E-state index contributed by atoms with van der Waals surface area (Å²) in [6, 6.07) is 0. The van der Waals surface area contributed by atoms with Gasteiger partial charge in [-0.1, -0.05) is 65.2 Å². The summed E-state index contributed by atoms with van der Waals surface area (Å²) in [7, 11) is 0. The van der Waals surface area contributed by atoms with Crippen molar-refractivity contribution in [3.05, 3.63) is 46.9 Å². The van der Waals surface area contributed by atoms with Crippen LogP contribution in [-0.2, 0) is 4.79 Å². The highest BCUT2D eigenvalue weighted by molar-refractivity contribution is 5.99. The van der Waals surface area contributed by atoms with E-state index in [-0.39, 0.29) is 11.6 Å². The highest BCUT2D eigenvalue weighted by atomic mass is 19.1. The third kappa shape index (κ3) is 6.29. The second kappa shape index (κ2) is 10.4. The second-order valence-corrected chi connectivity index (χ2v) is 6.33. The van der Waals surface area contributed by atoms with Crippen LogP contribution in [0.2, 0.25) is 0 Å². The van der Waals surface area contributed by atoms with Crippen LogP contribution < -0.4 is 0 Å². The Kier molecular flexibility index (Phi) is 8.83. The second-order valence-electron chi connectivity index (χ2n) is 6.33. The number of hydrogen-bond donors (Lipinski definition) is 0. The van der Waals surface area contributed by atoms with Crippen LogP contribution >= 0.6 is 0 Å². The molecule has 0 aliphatic heterocycles. The van der Waals surface area contributed by atoms with Gasteiger partial charge in [-0.25, -0.2) is 4.39 Å². The third-order valence-corrected chi connectivity index (χ3v) is 4.32. The van der Waals surface area contributed by atoms with Crippen LogP contribution in [0.4, 0.5) is 4.39 Å². The molecule has 1 rings (SSSR count). The van der Waals surface area contributed by atoms with E-state index in [9.17, 15) is 9.18 Å². The molecule has 0 aromatic rings. The Morgan fingerprint density at radius 1 is 1.30 bits per heavy atom. The number of ketones is 1. The van der Waals surface area contributed by atoms with Gasteiger partial charge in [-0.15, -0.1) is 0 Å². The van der Waals surface area contributed by atoms with Crippen LogP contribution in [0.25, 0.3) is 0 Å². The minimum Gasteiger partial charge on any atom is -0.294 e. The van der Waals surface area contributed by atoms with Crippen LogP contribution in [-0.4, -0.2) is 5.78 Å². The first kappa shape index (κ1) is 19.6. The normalized spacial score (nSPS) is 17.1. The summed E-state index contributed by atoms with van der Waals surface area (Å²) < 4.78 is 13.9. The molecule has 1 atom stereocenters. The molecule has 1 aliphatic rings. The SMILES string of the molecule is CCCCCC(C)/C=C(/C(=O)CC)C1=CC(CC)=C(F)C=CC1. The molecule has 1 nitrogen and oxygen atoms in total. The Morgan fingerprint density at radius 2 is 2.04 bits per heavy atom. The Morgan fingerprint density at radius 3 is 2.65 bits per heavy atom. The average molecular weight is 318 g/mol. The minimum atomic E-state index is -0.179. The lowest BCUT2D eigenvalue weighted by Crippen LogP contribution is -2.06. The predicted molar refractivity (Wildman–Crippen MR) is 97.0 cm³/mol. The van der Waals surface area contributed by atoms with Gasteiger partial charge in [0.15, 0.2) is 5.78 Å². The average Bonchev–Trinajstić information content (AvgIpc) is 2.73. The summed E-state index contributed by atoms with van der Waals surface area (Å²) in [5.41, 5.74) is 2.43. The van der Waals surface area contributed by atoms with E-state index in [4.69, 9.17) is 0 Å². The predicted octanol–water partition coefficient (Wildman–Crippen LogP) is 6.63. The molecular weight excluding hydrogens is 287 g/mol. The number of allylic oxidation sites excluding steroid dienone is 8. The van der Waals surface area contributed by atoms with Crippen molar-refractivity contribution in [2.75, 3.05) is 0 Å². The van der Waals surface area contributed by atoms with Gasteiger partial charge in [0.05, 0.1) is 0 Å². The molecule has 1 unspecified atom stereocenters. The van der Waals surface area contributed by atoms with Gasteiger partial charge in [0.1, 0.15) is 5.83 Å². The van der Waals surface area contributed by atoms with Crippen LogP contribution in [0.5, 0.6) is 0 Å². The Bertz CT molecular complexity index is 520. The van der Waals surface area contributed by atoms with Crippen molar-refractivity contribution in [2.45, 2.75) is 72.6 Å². The van der Waals surface area contributed by atoms with Gasteiger partial charge in [0, 0.05) is 12.0 Å². The molecule has 0 bridgehead atoms. The first-order valence-corrected chi connectivity index (χ1v) is 9.04. The van der Waals surface area contributed by atoms with Gasteiger partial charge in [-0.3, -0.25) is 4.79 Å². The molecule has 0 aromatic heterocycles. The zero-order chi connectivity index (χ0) is 17.2. The summed E-state index contributed by atoms with van der Waals surface area (Å²) in [6.45, 7) is 8.20. The quantitative estimate of drug-likeness (QED) is 0.344. The fraction of sp³-hybridized carbons (Fsp3) is 0.571. The van der Waals surface area contributed by atoms with Gasteiger partial charge in [-0.05, 0) is 42.4 Å². The summed E-state index contributed by atoms with van der Waals surface area (Å²) in [5, 5.41) is 0. The lowest BCUT2D eigenvalue weighted by atomic mass is 9.91. The highest BCUT2D eigenvalue weighted by Crippen LogP contribution is 2.28. The molecule has 23 heavy (non-hydrogen) atoms. The lowest BCUT2D eigenvalue weighted by Gasteiger charge is -2.13. The standard InChI is InChI=1S/C21H31FO/c1-5-8-9-11-16(4)14-19(21(23)7-3)18-12-10-13-20(22)17(6-2)15-18/h10,13-16H,5-9,11-12H2,1-4H3/b19-14+. The van der Waals surface area contributed by atoms with E-state index in [1.165, 1.54) is 25.3 Å². The van der Waals surface area contributed by atoms with E-state index in [1.54, 1.807) is 0 Å². The molecule has 0 spiro atoms. The van der Waals surface area contributed by atoms with E-state index in [2.05, 4.69) is 19.9 Å². The van der Waals surface area contributed by atoms with Gasteiger partial charge < -0.3 is 0 Å². The summed E-state index contributed by atoms with van der Waals surface area (Å²) >= 11 is 0. The van der Waals surface area contributed by atoms with E-state index < -0.39 is 0 Å². The van der Waals surface area contributed by atoms with Crippen molar-refractivity contribution in [1.29, 1.82) is 0 Å². The lowest BCUT2D eigenvalue weighted by molar-refractivity contribution is -0.115. The van der Waals surface area contributed by atoms with Crippen molar-refractivity contribution in [3.8, 4) is 0 Å². The molecule has 128 valence electrons. The van der Waals surface area contributed by atoms with Gasteiger partial charge in [0.25, 0.3) is 0 Å². The van der Waals surface area contributed by atoms with Crippen molar-refractivity contribution < 1.29 is 9.18 Å². The van der Waals surface area contributed by atoms with E-state index in [0.29, 0.717) is 30.8 Å². The molecule has 0 saturated carbocycles. The zero-order valence-corrected chi connectivity index (χ0v) is 15.1. The van der Waals surface area contributed by atoms with Gasteiger partial charge in [0.2, 0.25) is 0 Å². The van der Waals surface area contributed by atoms with Crippen LogP contribution in [0.15, 0.2) is 46.9 Å². The molecule has 2 heteroatoms. The number of rotatable bonds is 9. The largest absolute Gasteiger partial charge is 0.294 e. The molecule has 0 aromatic carbocycles. The zero-order valence-electron chi connectivity index (χ0n) is 15.1. The molecule has 0 N–H and O–H groups in total. The number of carbonyl (C=O) groups excluding carboxylic acids is 1. The topological polar surface area (TPSA) is 17.1 Å². The highest BCUT2D eigenvalue weighted by Gasteiger charge is 2.16. The van der Waals surface area contributed by atoms with E-state index in [1.807, 2.05) is 26.0 Å². The van der Waals surface area contributed by atoms with Crippen molar-refractivity contribution in [2.24, 2.45) is 5.92 Å². The van der Waals surface area contributed by atoms with Crippen LogP contribution in [0, 0.1) is 5.92 Å². The van der Waals surface area contributed by atoms with Crippen molar-refractivity contribution in [1.82, 2.24) is 0 Å². The minimum absolute atomic E-state index is 0.157. The van der Waals surface area contributed by atoms with Crippen molar-refractivity contribution in [3.63, 3.8) is 0 Å². The Hall–Kier alpha value is -1.44. The maximum absolute atomic E-state index is 13.9. The van der Waals surface area contributed by atoms with E-state index >= 15 is 0 Å².